The number of carbonyl (C=O) groups is 1. The van der Waals surface area contributed by atoms with Crippen molar-refractivity contribution < 1.29 is 14.1 Å². The van der Waals surface area contributed by atoms with Crippen molar-refractivity contribution in [3.63, 3.8) is 0 Å². The average Bonchev–Trinajstić information content (AvgIpc) is 3.25. The van der Waals surface area contributed by atoms with E-state index in [4.69, 9.17) is 4.42 Å². The Bertz CT molecular complexity index is 690. The molecule has 3 heterocycles. The number of furan rings is 1. The fraction of sp³-hybridized carbons (Fsp3) is 0.438. The van der Waals surface area contributed by atoms with Gasteiger partial charge in [0.1, 0.15) is 4.92 Å². The zero-order chi connectivity index (χ0) is 16.9. The SMILES string of the molecule is O=C(NCC1CCN(Cc2cccs2)CC1)c1ccc([N+](=O)[O-])o1. The molecule has 2 aromatic heterocycles. The van der Waals surface area contributed by atoms with Gasteiger partial charge in [0, 0.05) is 18.0 Å². The molecule has 3 rings (SSSR count). The van der Waals surface area contributed by atoms with Gasteiger partial charge in [0.25, 0.3) is 5.91 Å². The highest BCUT2D eigenvalue weighted by Gasteiger charge is 2.22. The van der Waals surface area contributed by atoms with Crippen molar-refractivity contribution in [2.24, 2.45) is 5.92 Å². The van der Waals surface area contributed by atoms with Crippen LogP contribution in [0, 0.1) is 16.0 Å². The number of hydrogen-bond acceptors (Lipinski definition) is 6. The molecule has 0 aromatic carbocycles. The van der Waals surface area contributed by atoms with Crippen LogP contribution in [0.2, 0.25) is 0 Å². The molecular formula is C16H19N3O4S. The standard InChI is InChI=1S/C16H19N3O4S/c20-16(14-3-4-15(23-14)19(21)22)17-10-12-5-7-18(8-6-12)11-13-2-1-9-24-13/h1-4,9,12H,5-8,10-11H2,(H,17,20). The van der Waals surface area contributed by atoms with E-state index in [1.807, 2.05) is 0 Å². The molecule has 24 heavy (non-hydrogen) atoms. The number of hydrogen-bond donors (Lipinski definition) is 1. The van der Waals surface area contributed by atoms with E-state index in [1.54, 1.807) is 11.3 Å². The van der Waals surface area contributed by atoms with Crippen molar-refractivity contribution >= 4 is 23.1 Å². The van der Waals surface area contributed by atoms with Gasteiger partial charge in [0.2, 0.25) is 0 Å². The molecule has 1 fully saturated rings. The highest BCUT2D eigenvalue weighted by atomic mass is 32.1. The second-order valence-corrected chi connectivity index (χ2v) is 6.94. The zero-order valence-electron chi connectivity index (χ0n) is 13.1. The van der Waals surface area contributed by atoms with Crippen molar-refractivity contribution in [2.45, 2.75) is 19.4 Å². The van der Waals surface area contributed by atoms with Crippen LogP contribution < -0.4 is 5.32 Å². The summed E-state index contributed by atoms with van der Waals surface area (Å²) in [5.41, 5.74) is 0. The summed E-state index contributed by atoms with van der Waals surface area (Å²) in [6.45, 7) is 3.60. The van der Waals surface area contributed by atoms with Crippen molar-refractivity contribution in [3.8, 4) is 0 Å². The first kappa shape index (κ1) is 16.7. The van der Waals surface area contributed by atoms with Crippen LogP contribution in [0.25, 0.3) is 0 Å². The molecule has 0 saturated carbocycles. The number of rotatable bonds is 6. The van der Waals surface area contributed by atoms with E-state index < -0.39 is 16.7 Å². The number of thiophene rings is 1. The molecule has 0 atom stereocenters. The van der Waals surface area contributed by atoms with Gasteiger partial charge in [0.05, 0.1) is 6.07 Å². The molecule has 0 radical (unpaired) electrons. The normalized spacial score (nSPS) is 16.2. The maximum Gasteiger partial charge on any atom is 0.433 e. The summed E-state index contributed by atoms with van der Waals surface area (Å²) in [5.74, 6) is -0.401. The molecule has 0 aliphatic carbocycles. The molecular weight excluding hydrogens is 330 g/mol. The molecule has 0 bridgehead atoms. The summed E-state index contributed by atoms with van der Waals surface area (Å²) in [7, 11) is 0. The number of nitrogens with zero attached hydrogens (tertiary/aromatic N) is 2. The lowest BCUT2D eigenvalue weighted by atomic mass is 9.96. The highest BCUT2D eigenvalue weighted by molar-refractivity contribution is 7.09. The molecule has 1 amide bonds. The molecule has 1 aliphatic rings. The first-order chi connectivity index (χ1) is 11.6. The monoisotopic (exact) mass is 349 g/mol. The summed E-state index contributed by atoms with van der Waals surface area (Å²) in [6, 6.07) is 6.75. The number of amides is 1. The van der Waals surface area contributed by atoms with Gasteiger partial charge in [-0.3, -0.25) is 19.8 Å². The average molecular weight is 349 g/mol. The smallest absolute Gasteiger partial charge is 0.395 e. The Morgan fingerprint density at radius 1 is 1.38 bits per heavy atom. The van der Waals surface area contributed by atoms with Gasteiger partial charge in [0.15, 0.2) is 5.76 Å². The predicted octanol–water partition coefficient (Wildman–Crippen LogP) is 2.89. The largest absolute Gasteiger partial charge is 0.433 e. The Morgan fingerprint density at radius 3 is 2.79 bits per heavy atom. The van der Waals surface area contributed by atoms with Crippen LogP contribution in [0.5, 0.6) is 0 Å². The summed E-state index contributed by atoms with van der Waals surface area (Å²) in [5, 5.41) is 15.5. The fourth-order valence-corrected chi connectivity index (χ4v) is 3.59. The third kappa shape index (κ3) is 4.21. The first-order valence-corrected chi connectivity index (χ1v) is 8.77. The van der Waals surface area contributed by atoms with Crippen LogP contribution in [-0.2, 0) is 6.54 Å². The van der Waals surface area contributed by atoms with Crippen molar-refractivity contribution in [1.29, 1.82) is 0 Å². The van der Waals surface area contributed by atoms with Gasteiger partial charge in [-0.2, -0.15) is 0 Å². The van der Waals surface area contributed by atoms with Crippen LogP contribution in [0.1, 0.15) is 28.3 Å². The number of likely N-dealkylation sites (tertiary alicyclic amines) is 1. The number of piperidine rings is 1. The Kier molecular flexibility index (Phi) is 5.27. The first-order valence-electron chi connectivity index (χ1n) is 7.89. The Morgan fingerprint density at radius 2 is 2.17 bits per heavy atom. The summed E-state index contributed by atoms with van der Waals surface area (Å²) < 4.78 is 4.90. The molecule has 1 N–H and O–H groups in total. The minimum Gasteiger partial charge on any atom is -0.395 e. The van der Waals surface area contributed by atoms with Crippen LogP contribution in [-0.4, -0.2) is 35.4 Å². The number of nitrogens with one attached hydrogen (secondary N) is 1. The lowest BCUT2D eigenvalue weighted by Crippen LogP contribution is -2.38. The van der Waals surface area contributed by atoms with E-state index in [0.29, 0.717) is 12.5 Å². The van der Waals surface area contributed by atoms with E-state index in [1.165, 1.54) is 17.0 Å². The van der Waals surface area contributed by atoms with Crippen LogP contribution >= 0.6 is 11.3 Å². The number of carbonyl (C=O) groups excluding carboxylic acids is 1. The molecule has 1 aliphatic heterocycles. The van der Waals surface area contributed by atoms with Crippen molar-refractivity contribution in [2.75, 3.05) is 19.6 Å². The lowest BCUT2D eigenvalue weighted by Gasteiger charge is -2.31. The van der Waals surface area contributed by atoms with Crippen LogP contribution in [0.4, 0.5) is 5.88 Å². The van der Waals surface area contributed by atoms with Gasteiger partial charge in [-0.1, -0.05) is 6.07 Å². The molecule has 2 aromatic rings. The number of nitro groups is 1. The maximum absolute atomic E-state index is 12.0. The van der Waals surface area contributed by atoms with Crippen molar-refractivity contribution in [1.82, 2.24) is 10.2 Å². The van der Waals surface area contributed by atoms with Gasteiger partial charge in [-0.05, 0) is 49.4 Å². The topological polar surface area (TPSA) is 88.6 Å². The molecule has 128 valence electrons. The Balaban J connectivity index is 1.41. The zero-order valence-corrected chi connectivity index (χ0v) is 14.0. The van der Waals surface area contributed by atoms with Crippen LogP contribution in [0.15, 0.2) is 34.1 Å². The Hall–Kier alpha value is -2.19. The van der Waals surface area contributed by atoms with Gasteiger partial charge in [-0.15, -0.1) is 11.3 Å². The van der Waals surface area contributed by atoms with E-state index in [-0.39, 0.29) is 5.76 Å². The second kappa shape index (κ2) is 7.59. The van der Waals surface area contributed by atoms with Gasteiger partial charge >= 0.3 is 5.88 Å². The molecule has 8 heteroatoms. The Labute approximate surface area is 143 Å². The van der Waals surface area contributed by atoms with E-state index in [9.17, 15) is 14.9 Å². The second-order valence-electron chi connectivity index (χ2n) is 5.90. The third-order valence-electron chi connectivity index (χ3n) is 4.21. The van der Waals surface area contributed by atoms with Gasteiger partial charge in [-0.25, -0.2) is 0 Å². The minimum atomic E-state index is -0.653. The van der Waals surface area contributed by atoms with Crippen molar-refractivity contribution in [3.05, 3.63) is 50.4 Å². The van der Waals surface area contributed by atoms with Crippen LogP contribution in [0.3, 0.4) is 0 Å². The molecule has 0 unspecified atom stereocenters. The quantitative estimate of drug-likeness (QED) is 0.640. The summed E-state index contributed by atoms with van der Waals surface area (Å²) in [6.07, 6.45) is 2.06. The maximum atomic E-state index is 12.0. The third-order valence-corrected chi connectivity index (χ3v) is 5.07. The predicted molar refractivity (Wildman–Crippen MR) is 90.0 cm³/mol. The minimum absolute atomic E-state index is 0.0168. The molecule has 1 saturated heterocycles. The summed E-state index contributed by atoms with van der Waals surface area (Å²) in [4.78, 5) is 25.7. The molecule has 0 spiro atoms. The summed E-state index contributed by atoms with van der Waals surface area (Å²) >= 11 is 1.78. The molecule has 7 nitrogen and oxygen atoms in total. The lowest BCUT2D eigenvalue weighted by molar-refractivity contribution is -0.402. The van der Waals surface area contributed by atoms with E-state index in [0.717, 1.165) is 32.5 Å². The van der Waals surface area contributed by atoms with E-state index in [2.05, 4.69) is 27.7 Å². The highest BCUT2D eigenvalue weighted by Crippen LogP contribution is 2.20. The fourth-order valence-electron chi connectivity index (χ4n) is 2.84. The van der Waals surface area contributed by atoms with E-state index >= 15 is 0 Å². The van der Waals surface area contributed by atoms with Gasteiger partial charge < -0.3 is 9.73 Å².